The Morgan fingerprint density at radius 1 is 1.23 bits per heavy atom. The zero-order chi connectivity index (χ0) is 20.4. The van der Waals surface area contributed by atoms with Gasteiger partial charge in [0.1, 0.15) is 5.75 Å². The number of rotatable bonds is 5. The SMILES string of the molecule is CCN=C(NC1CC1c1ccccc1OC(F)(F)F)N1CCC(N2CC=CC2)C1.I. The molecule has 5 nitrogen and oxygen atoms in total. The minimum Gasteiger partial charge on any atom is -0.405 e. The number of ether oxygens (including phenoxy) is 1. The van der Waals surface area contributed by atoms with E-state index in [1.165, 1.54) is 6.07 Å². The summed E-state index contributed by atoms with van der Waals surface area (Å²) in [5.74, 6) is 0.756. The van der Waals surface area contributed by atoms with Gasteiger partial charge in [0.05, 0.1) is 0 Å². The van der Waals surface area contributed by atoms with Crippen LogP contribution in [0.25, 0.3) is 0 Å². The third kappa shape index (κ3) is 5.60. The van der Waals surface area contributed by atoms with E-state index in [0.29, 0.717) is 18.2 Å². The molecule has 30 heavy (non-hydrogen) atoms. The Hall–Kier alpha value is -1.49. The number of likely N-dealkylation sites (tertiary alicyclic amines) is 1. The minimum atomic E-state index is -4.68. The van der Waals surface area contributed by atoms with Crippen LogP contribution < -0.4 is 10.1 Å². The van der Waals surface area contributed by atoms with Gasteiger partial charge in [0, 0.05) is 50.7 Å². The van der Waals surface area contributed by atoms with Crippen LogP contribution in [-0.4, -0.2) is 66.9 Å². The fourth-order valence-corrected chi connectivity index (χ4v) is 4.28. The van der Waals surface area contributed by atoms with Gasteiger partial charge in [-0.25, -0.2) is 0 Å². The summed E-state index contributed by atoms with van der Waals surface area (Å²) < 4.78 is 42.4. The second-order valence-electron chi connectivity index (χ2n) is 7.79. The van der Waals surface area contributed by atoms with Crippen LogP contribution in [0, 0.1) is 0 Å². The molecule has 1 aliphatic carbocycles. The van der Waals surface area contributed by atoms with E-state index in [1.807, 2.05) is 6.92 Å². The fourth-order valence-electron chi connectivity index (χ4n) is 4.28. The van der Waals surface area contributed by atoms with Crippen LogP contribution in [0.4, 0.5) is 13.2 Å². The molecule has 1 N–H and O–H groups in total. The predicted molar refractivity (Wildman–Crippen MR) is 121 cm³/mol. The molecule has 0 spiro atoms. The van der Waals surface area contributed by atoms with Gasteiger partial charge in [-0.05, 0) is 31.4 Å². The third-order valence-corrected chi connectivity index (χ3v) is 5.78. The summed E-state index contributed by atoms with van der Waals surface area (Å²) >= 11 is 0. The van der Waals surface area contributed by atoms with Crippen molar-refractivity contribution in [2.24, 2.45) is 4.99 Å². The van der Waals surface area contributed by atoms with Crippen LogP contribution >= 0.6 is 24.0 Å². The average Bonchev–Trinajstić information content (AvgIpc) is 3.08. The highest BCUT2D eigenvalue weighted by molar-refractivity contribution is 14.0. The van der Waals surface area contributed by atoms with Gasteiger partial charge >= 0.3 is 6.36 Å². The van der Waals surface area contributed by atoms with Gasteiger partial charge in [-0.15, -0.1) is 37.1 Å². The second kappa shape index (κ2) is 9.76. The largest absolute Gasteiger partial charge is 0.573 e. The van der Waals surface area contributed by atoms with Crippen LogP contribution in [0.3, 0.4) is 0 Å². The van der Waals surface area contributed by atoms with E-state index in [9.17, 15) is 13.2 Å². The van der Waals surface area contributed by atoms with E-state index in [1.54, 1.807) is 18.2 Å². The molecule has 1 aromatic rings. The molecule has 2 aliphatic heterocycles. The molecule has 0 aromatic heterocycles. The summed E-state index contributed by atoms with van der Waals surface area (Å²) in [4.78, 5) is 9.39. The first-order chi connectivity index (χ1) is 13.9. The molecule has 2 heterocycles. The highest BCUT2D eigenvalue weighted by atomic mass is 127. The highest BCUT2D eigenvalue weighted by Crippen LogP contribution is 2.45. The maximum atomic E-state index is 12.7. The smallest absolute Gasteiger partial charge is 0.405 e. The molecule has 166 valence electrons. The molecule has 9 heteroatoms. The molecule has 1 saturated heterocycles. The second-order valence-corrected chi connectivity index (χ2v) is 7.79. The number of benzene rings is 1. The fraction of sp³-hybridized carbons (Fsp3) is 0.571. The lowest BCUT2D eigenvalue weighted by Gasteiger charge is -2.26. The van der Waals surface area contributed by atoms with Crippen LogP contribution in [0.2, 0.25) is 0 Å². The monoisotopic (exact) mass is 536 g/mol. The van der Waals surface area contributed by atoms with Crippen molar-refractivity contribution in [2.45, 2.75) is 44.1 Å². The van der Waals surface area contributed by atoms with Crippen molar-refractivity contribution in [3.63, 3.8) is 0 Å². The molecule has 0 radical (unpaired) electrons. The molecule has 0 amide bonds. The van der Waals surface area contributed by atoms with Crippen molar-refractivity contribution in [1.29, 1.82) is 0 Å². The van der Waals surface area contributed by atoms with E-state index >= 15 is 0 Å². The number of halogens is 4. The summed E-state index contributed by atoms with van der Waals surface area (Å²) in [6.07, 6.45) is 1.60. The first-order valence-electron chi connectivity index (χ1n) is 10.2. The molecule has 4 rings (SSSR count). The van der Waals surface area contributed by atoms with Gasteiger partial charge in [-0.2, -0.15) is 0 Å². The molecule has 0 bridgehead atoms. The Balaban J connectivity index is 0.00000256. The number of aliphatic imine (C=N–C) groups is 1. The number of guanidine groups is 1. The van der Waals surface area contributed by atoms with E-state index < -0.39 is 6.36 Å². The molecular formula is C21H28F3IN4O. The Bertz CT molecular complexity index is 778. The predicted octanol–water partition coefficient (Wildman–Crippen LogP) is 3.97. The van der Waals surface area contributed by atoms with E-state index in [4.69, 9.17) is 0 Å². The van der Waals surface area contributed by atoms with Crippen LogP contribution in [-0.2, 0) is 0 Å². The third-order valence-electron chi connectivity index (χ3n) is 5.78. The molecule has 1 aromatic carbocycles. The Morgan fingerprint density at radius 3 is 2.67 bits per heavy atom. The van der Waals surface area contributed by atoms with E-state index in [-0.39, 0.29) is 41.7 Å². The number of alkyl halides is 3. The maximum absolute atomic E-state index is 12.7. The summed E-state index contributed by atoms with van der Waals surface area (Å²) in [5, 5.41) is 3.49. The summed E-state index contributed by atoms with van der Waals surface area (Å²) in [5.41, 5.74) is 0.598. The number of hydrogen-bond donors (Lipinski definition) is 1. The molecule has 3 unspecified atom stereocenters. The molecule has 3 aliphatic rings. The van der Waals surface area contributed by atoms with Crippen LogP contribution in [0.1, 0.15) is 31.2 Å². The zero-order valence-electron chi connectivity index (χ0n) is 16.9. The van der Waals surface area contributed by atoms with Gasteiger partial charge in [0.2, 0.25) is 0 Å². The molecular weight excluding hydrogens is 508 g/mol. The lowest BCUT2D eigenvalue weighted by Crippen LogP contribution is -2.44. The number of nitrogens with one attached hydrogen (secondary N) is 1. The number of hydrogen-bond acceptors (Lipinski definition) is 3. The highest BCUT2D eigenvalue weighted by Gasteiger charge is 2.43. The molecule has 1 saturated carbocycles. The summed E-state index contributed by atoms with van der Waals surface area (Å²) in [7, 11) is 0. The van der Waals surface area contributed by atoms with Gasteiger partial charge in [-0.3, -0.25) is 9.89 Å². The van der Waals surface area contributed by atoms with Crippen LogP contribution in [0.15, 0.2) is 41.4 Å². The van der Waals surface area contributed by atoms with Crippen LogP contribution in [0.5, 0.6) is 5.75 Å². The lowest BCUT2D eigenvalue weighted by molar-refractivity contribution is -0.274. The summed E-state index contributed by atoms with van der Waals surface area (Å²) in [6, 6.07) is 7.02. The van der Waals surface area contributed by atoms with Crippen molar-refractivity contribution in [2.75, 3.05) is 32.7 Å². The van der Waals surface area contributed by atoms with Gasteiger partial charge in [-0.1, -0.05) is 30.4 Å². The maximum Gasteiger partial charge on any atom is 0.573 e. The van der Waals surface area contributed by atoms with E-state index in [2.05, 4.69) is 37.0 Å². The van der Waals surface area contributed by atoms with Gasteiger partial charge < -0.3 is 15.0 Å². The normalized spacial score (nSPS) is 26.6. The standard InChI is InChI=1S/C21H27F3N4O.HI/c1-2-25-20(28-12-9-15(14-28)27-10-5-6-11-27)26-18-13-17(18)16-7-3-4-8-19(16)29-21(22,23)24;/h3-8,15,17-18H,2,9-14H2,1H3,(H,25,26);1H. The van der Waals surface area contributed by atoms with Crippen molar-refractivity contribution in [3.8, 4) is 5.75 Å². The van der Waals surface area contributed by atoms with Crippen molar-refractivity contribution in [3.05, 3.63) is 42.0 Å². The van der Waals surface area contributed by atoms with Crippen molar-refractivity contribution >= 4 is 29.9 Å². The molecule has 3 atom stereocenters. The van der Waals surface area contributed by atoms with Crippen molar-refractivity contribution < 1.29 is 17.9 Å². The van der Waals surface area contributed by atoms with Gasteiger partial charge in [0.25, 0.3) is 0 Å². The summed E-state index contributed by atoms with van der Waals surface area (Å²) in [6.45, 7) is 6.55. The van der Waals surface area contributed by atoms with E-state index in [0.717, 1.165) is 45.0 Å². The lowest BCUT2D eigenvalue weighted by atomic mass is 10.1. The quantitative estimate of drug-likeness (QED) is 0.268. The first-order valence-corrected chi connectivity index (χ1v) is 10.2. The van der Waals surface area contributed by atoms with Crippen molar-refractivity contribution in [1.82, 2.24) is 15.1 Å². The molecule has 2 fully saturated rings. The topological polar surface area (TPSA) is 40.1 Å². The zero-order valence-corrected chi connectivity index (χ0v) is 19.3. The number of nitrogens with zero attached hydrogens (tertiary/aromatic N) is 3. The Labute approximate surface area is 192 Å². The first kappa shape index (κ1) is 23.2. The Morgan fingerprint density at radius 2 is 1.97 bits per heavy atom. The van der Waals surface area contributed by atoms with Gasteiger partial charge in [0.15, 0.2) is 5.96 Å². The number of para-hydroxylation sites is 1. The Kier molecular flexibility index (Phi) is 7.54. The minimum absolute atomic E-state index is 0. The average molecular weight is 536 g/mol.